The topological polar surface area (TPSA) is 55.4 Å². The Balaban J connectivity index is 1.45. The van der Waals surface area contributed by atoms with Crippen LogP contribution >= 0.6 is 46.4 Å². The molecule has 36 heavy (non-hydrogen) atoms. The van der Waals surface area contributed by atoms with Gasteiger partial charge in [-0.05, 0) is 41.8 Å². The molecule has 0 saturated heterocycles. The number of anilines is 1. The number of alkyl halides is 7. The Morgan fingerprint density at radius 3 is 2.28 bits per heavy atom. The highest BCUT2D eigenvalue weighted by Gasteiger charge is 2.67. The number of ether oxygens (including phenoxy) is 1. The lowest BCUT2D eigenvalue weighted by molar-refractivity contribution is -0.274. The summed E-state index contributed by atoms with van der Waals surface area (Å²) in [6, 6.07) is 7.61. The summed E-state index contributed by atoms with van der Waals surface area (Å²) in [5, 5.41) is 2.35. The molecule has 4 rings (SSSR count). The zero-order chi connectivity index (χ0) is 26.6. The van der Waals surface area contributed by atoms with Crippen molar-refractivity contribution in [3.63, 3.8) is 0 Å². The summed E-state index contributed by atoms with van der Waals surface area (Å²) in [6.45, 7) is 0. The van der Waals surface area contributed by atoms with E-state index < -0.39 is 51.8 Å². The first kappa shape index (κ1) is 27.2. The van der Waals surface area contributed by atoms with Crippen molar-refractivity contribution in [1.82, 2.24) is 0 Å². The van der Waals surface area contributed by atoms with Crippen molar-refractivity contribution < 1.29 is 36.3 Å². The number of nitrogens with one attached hydrogen (secondary N) is 1. The molecule has 2 saturated carbocycles. The van der Waals surface area contributed by atoms with Gasteiger partial charge in [0.2, 0.25) is 11.8 Å². The molecular weight excluding hydrogens is 575 g/mol. The SMILES string of the molecule is O=C(CC1CC(F)(F)C1)c1cc(NC(=O)C2C(c3ccc(OC(F)(F)F)c(Cl)c3)C2(Cl)Cl)ccc1Cl. The second kappa shape index (κ2) is 9.49. The minimum absolute atomic E-state index is 0.0760. The molecule has 2 aromatic rings. The van der Waals surface area contributed by atoms with Gasteiger partial charge in [-0.3, -0.25) is 9.59 Å². The van der Waals surface area contributed by atoms with Gasteiger partial charge in [0.1, 0.15) is 10.1 Å². The molecule has 0 aliphatic heterocycles. The summed E-state index contributed by atoms with van der Waals surface area (Å²) < 4.78 is 65.8. The average molecular weight is 591 g/mol. The van der Waals surface area contributed by atoms with E-state index in [0.29, 0.717) is 5.56 Å². The minimum Gasteiger partial charge on any atom is -0.404 e. The monoisotopic (exact) mass is 589 g/mol. The molecule has 0 heterocycles. The first-order valence-electron chi connectivity index (χ1n) is 10.5. The van der Waals surface area contributed by atoms with Gasteiger partial charge in [-0.15, -0.1) is 36.4 Å². The van der Waals surface area contributed by atoms with Crippen LogP contribution in [0, 0.1) is 11.8 Å². The Labute approximate surface area is 222 Å². The molecular formula is C23H16Cl4F5NO3. The third-order valence-corrected chi connectivity index (χ3v) is 7.63. The Morgan fingerprint density at radius 1 is 1.03 bits per heavy atom. The third-order valence-electron chi connectivity index (χ3n) is 6.06. The van der Waals surface area contributed by atoms with E-state index in [9.17, 15) is 31.5 Å². The number of ketones is 1. The van der Waals surface area contributed by atoms with Crippen LogP contribution in [0.15, 0.2) is 36.4 Å². The molecule has 194 valence electrons. The first-order chi connectivity index (χ1) is 16.6. The number of hydrogen-bond donors (Lipinski definition) is 1. The summed E-state index contributed by atoms with van der Waals surface area (Å²) in [5.74, 6) is -6.63. The lowest BCUT2D eigenvalue weighted by Crippen LogP contribution is -2.36. The molecule has 2 atom stereocenters. The van der Waals surface area contributed by atoms with Gasteiger partial charge in [0.25, 0.3) is 0 Å². The third kappa shape index (κ3) is 5.85. The van der Waals surface area contributed by atoms with Gasteiger partial charge in [0.05, 0.1) is 16.0 Å². The average Bonchev–Trinajstić information content (AvgIpc) is 3.30. The summed E-state index contributed by atoms with van der Waals surface area (Å²) in [4.78, 5) is 25.5. The molecule has 0 spiro atoms. The van der Waals surface area contributed by atoms with E-state index >= 15 is 0 Å². The number of halogens is 9. The summed E-state index contributed by atoms with van der Waals surface area (Å²) in [5.41, 5.74) is 0.601. The highest BCUT2D eigenvalue weighted by Crippen LogP contribution is 2.65. The van der Waals surface area contributed by atoms with Gasteiger partial charge in [-0.2, -0.15) is 0 Å². The van der Waals surface area contributed by atoms with E-state index in [-0.39, 0.29) is 40.6 Å². The van der Waals surface area contributed by atoms with Crippen LogP contribution < -0.4 is 10.1 Å². The predicted octanol–water partition coefficient (Wildman–Crippen LogP) is 8.04. The largest absolute Gasteiger partial charge is 0.573 e. The van der Waals surface area contributed by atoms with E-state index in [2.05, 4.69) is 10.1 Å². The van der Waals surface area contributed by atoms with Gasteiger partial charge in [-0.25, -0.2) is 8.78 Å². The molecule has 2 fully saturated rings. The van der Waals surface area contributed by atoms with Gasteiger partial charge < -0.3 is 10.1 Å². The van der Waals surface area contributed by atoms with Crippen LogP contribution in [-0.4, -0.2) is 28.3 Å². The predicted molar refractivity (Wildman–Crippen MR) is 126 cm³/mol. The van der Waals surface area contributed by atoms with Crippen LogP contribution in [0.5, 0.6) is 5.75 Å². The maximum atomic E-state index is 13.1. The number of rotatable bonds is 7. The highest BCUT2D eigenvalue weighted by atomic mass is 35.5. The van der Waals surface area contributed by atoms with Crippen LogP contribution in [0.25, 0.3) is 0 Å². The van der Waals surface area contributed by atoms with Crippen molar-refractivity contribution in [1.29, 1.82) is 0 Å². The van der Waals surface area contributed by atoms with Crippen molar-refractivity contribution in [2.45, 2.75) is 41.8 Å². The van der Waals surface area contributed by atoms with E-state index in [4.69, 9.17) is 46.4 Å². The summed E-state index contributed by atoms with van der Waals surface area (Å²) in [6.07, 6.45) is -5.76. The van der Waals surface area contributed by atoms with E-state index in [1.165, 1.54) is 30.3 Å². The van der Waals surface area contributed by atoms with Crippen LogP contribution in [-0.2, 0) is 4.79 Å². The number of amides is 1. The fourth-order valence-electron chi connectivity index (χ4n) is 4.32. The van der Waals surface area contributed by atoms with Crippen LogP contribution in [0.1, 0.15) is 41.1 Å². The Hall–Kier alpha value is -1.81. The summed E-state index contributed by atoms with van der Waals surface area (Å²) >= 11 is 24.6. The number of carbonyl (C=O) groups excluding carboxylic acids is 2. The standard InChI is InChI=1S/C23H16Cl4F5NO3/c24-14-3-2-12(7-13(14)16(34)5-10-8-21(28,29)9-10)33-20(35)19-18(22(19,26)27)11-1-4-17(15(25)6-11)36-23(30,31)32/h1-4,6-7,10,18-19H,5,8-9H2,(H,33,35). The van der Waals surface area contributed by atoms with E-state index in [1.807, 2.05) is 0 Å². The van der Waals surface area contributed by atoms with Crippen molar-refractivity contribution in [2.75, 3.05) is 5.32 Å². The number of hydrogen-bond acceptors (Lipinski definition) is 3. The summed E-state index contributed by atoms with van der Waals surface area (Å²) in [7, 11) is 0. The van der Waals surface area contributed by atoms with E-state index in [1.54, 1.807) is 0 Å². The number of Topliss-reactive ketones (excluding diaryl/α,β-unsaturated/α-hetero) is 1. The lowest BCUT2D eigenvalue weighted by atomic mass is 9.77. The van der Waals surface area contributed by atoms with Crippen molar-refractivity contribution >= 4 is 63.8 Å². The number of carbonyl (C=O) groups is 2. The van der Waals surface area contributed by atoms with Gasteiger partial charge in [-0.1, -0.05) is 29.3 Å². The Bertz CT molecular complexity index is 1210. The molecule has 1 amide bonds. The molecule has 0 bridgehead atoms. The molecule has 0 aromatic heterocycles. The normalized spacial score (nSPS) is 22.5. The van der Waals surface area contributed by atoms with Crippen LogP contribution in [0.3, 0.4) is 0 Å². The quantitative estimate of drug-likeness (QED) is 0.202. The maximum Gasteiger partial charge on any atom is 0.573 e. The van der Waals surface area contributed by atoms with Gasteiger partial charge in [0, 0.05) is 36.4 Å². The first-order valence-corrected chi connectivity index (χ1v) is 12.0. The maximum absolute atomic E-state index is 13.1. The molecule has 4 nitrogen and oxygen atoms in total. The Kier molecular flexibility index (Phi) is 7.18. The van der Waals surface area contributed by atoms with Gasteiger partial charge >= 0.3 is 6.36 Å². The molecule has 1 N–H and O–H groups in total. The van der Waals surface area contributed by atoms with E-state index in [0.717, 1.165) is 6.07 Å². The fraction of sp³-hybridized carbons (Fsp3) is 0.391. The molecule has 13 heteroatoms. The van der Waals surface area contributed by atoms with Crippen LogP contribution in [0.4, 0.5) is 27.6 Å². The van der Waals surface area contributed by atoms with Crippen molar-refractivity contribution in [3.8, 4) is 5.75 Å². The zero-order valence-electron chi connectivity index (χ0n) is 17.9. The van der Waals surface area contributed by atoms with Crippen molar-refractivity contribution in [2.24, 2.45) is 11.8 Å². The van der Waals surface area contributed by atoms with Crippen LogP contribution in [0.2, 0.25) is 10.0 Å². The highest BCUT2D eigenvalue weighted by molar-refractivity contribution is 6.53. The molecule has 0 radical (unpaired) electrons. The smallest absolute Gasteiger partial charge is 0.404 e. The van der Waals surface area contributed by atoms with Crippen molar-refractivity contribution in [3.05, 3.63) is 57.6 Å². The van der Waals surface area contributed by atoms with Gasteiger partial charge in [0.15, 0.2) is 5.78 Å². The molecule has 2 aliphatic rings. The second-order valence-electron chi connectivity index (χ2n) is 8.81. The lowest BCUT2D eigenvalue weighted by Gasteiger charge is -2.34. The Morgan fingerprint density at radius 2 is 1.69 bits per heavy atom. The fourth-order valence-corrected chi connectivity index (χ4v) is 5.60. The molecule has 2 aliphatic carbocycles. The second-order valence-corrected chi connectivity index (χ2v) is 11.1. The molecule has 2 unspecified atom stereocenters. The minimum atomic E-state index is -4.93. The molecule has 2 aromatic carbocycles. The number of benzene rings is 2. The zero-order valence-corrected chi connectivity index (χ0v) is 21.0.